The molecule has 0 radical (unpaired) electrons. The molecule has 2 heterocycles. The van der Waals surface area contributed by atoms with Crippen molar-refractivity contribution in [2.75, 3.05) is 27.8 Å². The standard InChI is InChI=1S/C15H22NO3/c1-16(2)13-12(19-15(17-3)14(13)16)10-18-9-11-7-5-4-6-8-11/h4-8,12-15H,9-10H2,1-3H3/q+1/t12-,13+,14+,15-/m1/s1. The lowest BCUT2D eigenvalue weighted by atomic mass is 10.2. The van der Waals surface area contributed by atoms with E-state index >= 15 is 0 Å². The predicted octanol–water partition coefficient (Wildman–Crippen LogP) is 1.40. The number of likely N-dealkylation sites (N-methyl/N-ethyl adjacent to an activating group) is 1. The van der Waals surface area contributed by atoms with E-state index in [0.717, 1.165) is 4.48 Å². The van der Waals surface area contributed by atoms with E-state index < -0.39 is 0 Å². The van der Waals surface area contributed by atoms with Gasteiger partial charge in [-0.1, -0.05) is 30.3 Å². The van der Waals surface area contributed by atoms with Crippen molar-refractivity contribution in [3.05, 3.63) is 35.9 Å². The molecule has 104 valence electrons. The monoisotopic (exact) mass is 264 g/mol. The number of hydrogen-bond donors (Lipinski definition) is 0. The number of methoxy groups -OCH3 is 1. The zero-order chi connectivity index (χ0) is 13.5. The summed E-state index contributed by atoms with van der Waals surface area (Å²) in [6.07, 6.45) is 0.0685. The second-order valence-electron chi connectivity index (χ2n) is 5.89. The van der Waals surface area contributed by atoms with E-state index in [4.69, 9.17) is 14.2 Å². The maximum absolute atomic E-state index is 5.88. The molecule has 0 amide bonds. The van der Waals surface area contributed by atoms with Gasteiger partial charge in [0, 0.05) is 7.11 Å². The van der Waals surface area contributed by atoms with Gasteiger partial charge in [0.25, 0.3) is 0 Å². The number of fused-ring (bicyclic) bond motifs is 1. The van der Waals surface area contributed by atoms with E-state index in [1.54, 1.807) is 7.11 Å². The third-order valence-corrected chi connectivity index (χ3v) is 4.39. The first-order valence-corrected chi connectivity index (χ1v) is 6.78. The normalized spacial score (nSPS) is 35.1. The number of rotatable bonds is 5. The Morgan fingerprint density at radius 2 is 1.89 bits per heavy atom. The van der Waals surface area contributed by atoms with Crippen LogP contribution in [0.2, 0.25) is 0 Å². The summed E-state index contributed by atoms with van der Waals surface area (Å²) in [4.78, 5) is 0. The first-order chi connectivity index (χ1) is 9.14. The van der Waals surface area contributed by atoms with Crippen LogP contribution in [0.5, 0.6) is 0 Å². The Morgan fingerprint density at radius 1 is 1.16 bits per heavy atom. The molecule has 0 spiro atoms. The van der Waals surface area contributed by atoms with Gasteiger partial charge in [0.2, 0.25) is 6.29 Å². The first kappa shape index (κ1) is 13.1. The molecule has 1 aromatic carbocycles. The van der Waals surface area contributed by atoms with E-state index in [1.807, 2.05) is 18.2 Å². The molecule has 0 unspecified atom stereocenters. The van der Waals surface area contributed by atoms with Crippen LogP contribution in [0, 0.1) is 0 Å². The highest BCUT2D eigenvalue weighted by Gasteiger charge is 2.74. The molecule has 0 aromatic heterocycles. The van der Waals surface area contributed by atoms with Crippen LogP contribution in [0.15, 0.2) is 30.3 Å². The van der Waals surface area contributed by atoms with Crippen LogP contribution in [0.1, 0.15) is 5.56 Å². The lowest BCUT2D eigenvalue weighted by Crippen LogP contribution is -2.38. The smallest absolute Gasteiger partial charge is 0.217 e. The van der Waals surface area contributed by atoms with Crippen LogP contribution in [-0.2, 0) is 20.8 Å². The van der Waals surface area contributed by atoms with Gasteiger partial charge >= 0.3 is 0 Å². The van der Waals surface area contributed by atoms with Crippen molar-refractivity contribution in [1.29, 1.82) is 0 Å². The molecule has 0 aliphatic carbocycles. The maximum atomic E-state index is 5.88. The van der Waals surface area contributed by atoms with Gasteiger partial charge in [-0.05, 0) is 5.56 Å². The molecule has 3 rings (SSSR count). The second-order valence-corrected chi connectivity index (χ2v) is 5.89. The highest BCUT2D eigenvalue weighted by Crippen LogP contribution is 2.47. The quantitative estimate of drug-likeness (QED) is 0.594. The van der Waals surface area contributed by atoms with Gasteiger partial charge < -0.3 is 18.7 Å². The average Bonchev–Trinajstić information content (AvgIpc) is 2.81. The zero-order valence-electron chi connectivity index (χ0n) is 11.8. The molecule has 2 saturated heterocycles. The van der Waals surface area contributed by atoms with Crippen LogP contribution in [0.3, 0.4) is 0 Å². The van der Waals surface area contributed by atoms with Gasteiger partial charge in [-0.25, -0.2) is 0 Å². The van der Waals surface area contributed by atoms with Gasteiger partial charge in [-0.3, -0.25) is 0 Å². The second kappa shape index (κ2) is 4.87. The summed E-state index contributed by atoms with van der Waals surface area (Å²) < 4.78 is 18.1. The van der Waals surface area contributed by atoms with E-state index in [1.165, 1.54) is 5.56 Å². The predicted molar refractivity (Wildman–Crippen MR) is 71.5 cm³/mol. The maximum Gasteiger partial charge on any atom is 0.217 e. The fraction of sp³-hybridized carbons (Fsp3) is 0.600. The van der Waals surface area contributed by atoms with Crippen molar-refractivity contribution < 1.29 is 18.7 Å². The first-order valence-electron chi connectivity index (χ1n) is 6.78. The highest BCUT2D eigenvalue weighted by molar-refractivity contribution is 5.13. The lowest BCUT2D eigenvalue weighted by molar-refractivity contribution is -0.799. The van der Waals surface area contributed by atoms with Crippen LogP contribution in [-0.4, -0.2) is 56.8 Å². The van der Waals surface area contributed by atoms with Gasteiger partial charge in [-0.15, -0.1) is 0 Å². The number of benzene rings is 1. The van der Waals surface area contributed by atoms with Crippen LogP contribution in [0.25, 0.3) is 0 Å². The van der Waals surface area contributed by atoms with Crippen LogP contribution < -0.4 is 0 Å². The molecule has 0 N–H and O–H groups in total. The Labute approximate surface area is 114 Å². The summed E-state index contributed by atoms with van der Waals surface area (Å²) >= 11 is 0. The molecule has 4 nitrogen and oxygen atoms in total. The minimum atomic E-state index is -0.0784. The fourth-order valence-corrected chi connectivity index (χ4v) is 3.28. The summed E-state index contributed by atoms with van der Waals surface area (Å²) in [6.45, 7) is 1.28. The van der Waals surface area contributed by atoms with Crippen molar-refractivity contribution >= 4 is 0 Å². The Morgan fingerprint density at radius 3 is 2.53 bits per heavy atom. The summed E-state index contributed by atoms with van der Waals surface area (Å²) in [5, 5.41) is 0. The molecule has 0 bridgehead atoms. The number of nitrogens with zero attached hydrogens (tertiary/aromatic N) is 1. The molecule has 2 aliphatic heterocycles. The van der Waals surface area contributed by atoms with Gasteiger partial charge in [0.15, 0.2) is 12.1 Å². The molecule has 0 saturated carbocycles. The lowest BCUT2D eigenvalue weighted by Gasteiger charge is -2.23. The Kier molecular flexibility index (Phi) is 3.35. The Balaban J connectivity index is 1.52. The van der Waals surface area contributed by atoms with Crippen molar-refractivity contribution in [3.8, 4) is 0 Å². The summed E-state index contributed by atoms with van der Waals surface area (Å²) in [5.74, 6) is 0. The SMILES string of the molecule is CO[C@@H]1O[C@H](COCc2ccccc2)[C@H]2[C@@H]1[N+]2(C)C. The third kappa shape index (κ3) is 2.30. The molecule has 1 aromatic rings. The van der Waals surface area contributed by atoms with Crippen molar-refractivity contribution in [1.82, 2.24) is 0 Å². The number of quaternary nitrogens is 1. The number of morpholine rings is 1. The molecular weight excluding hydrogens is 242 g/mol. The van der Waals surface area contributed by atoms with E-state index in [-0.39, 0.29) is 12.4 Å². The van der Waals surface area contributed by atoms with E-state index in [9.17, 15) is 0 Å². The summed E-state index contributed by atoms with van der Waals surface area (Å²) in [5.41, 5.74) is 1.20. The molecular formula is C15H22NO3+. The molecule has 4 atom stereocenters. The molecule has 2 aliphatic rings. The summed E-state index contributed by atoms with van der Waals surface area (Å²) in [7, 11) is 6.18. The number of hydrogen-bond acceptors (Lipinski definition) is 3. The van der Waals surface area contributed by atoms with Crippen molar-refractivity contribution in [2.45, 2.75) is 31.1 Å². The van der Waals surface area contributed by atoms with E-state index in [2.05, 4.69) is 26.2 Å². The van der Waals surface area contributed by atoms with Gasteiger partial charge in [0.1, 0.15) is 6.10 Å². The third-order valence-electron chi connectivity index (χ3n) is 4.39. The molecule has 2 fully saturated rings. The zero-order valence-corrected chi connectivity index (χ0v) is 11.8. The van der Waals surface area contributed by atoms with Gasteiger partial charge in [-0.2, -0.15) is 0 Å². The minimum Gasteiger partial charge on any atom is -0.374 e. The Hall–Kier alpha value is -0.940. The summed E-state index contributed by atoms with van der Waals surface area (Å²) in [6, 6.07) is 11.2. The van der Waals surface area contributed by atoms with Gasteiger partial charge in [0.05, 0.1) is 27.3 Å². The molecule has 4 heteroatoms. The Bertz CT molecular complexity index is 434. The molecule has 19 heavy (non-hydrogen) atoms. The van der Waals surface area contributed by atoms with E-state index in [0.29, 0.717) is 25.3 Å². The highest BCUT2D eigenvalue weighted by atomic mass is 16.7. The van der Waals surface area contributed by atoms with Crippen LogP contribution in [0.4, 0.5) is 0 Å². The number of ether oxygens (including phenoxy) is 3. The van der Waals surface area contributed by atoms with Crippen molar-refractivity contribution in [2.24, 2.45) is 0 Å². The fourth-order valence-electron chi connectivity index (χ4n) is 3.28. The van der Waals surface area contributed by atoms with Crippen LogP contribution >= 0.6 is 0 Å². The largest absolute Gasteiger partial charge is 0.374 e. The van der Waals surface area contributed by atoms with Crippen molar-refractivity contribution in [3.63, 3.8) is 0 Å². The average molecular weight is 264 g/mol. The minimum absolute atomic E-state index is 0.0784. The topological polar surface area (TPSA) is 27.7 Å².